The van der Waals surface area contributed by atoms with E-state index < -0.39 is 30.3 Å². The number of aliphatic carboxylic acids is 2. The van der Waals surface area contributed by atoms with Crippen LogP contribution in [0.15, 0.2) is 45.8 Å². The van der Waals surface area contributed by atoms with Gasteiger partial charge < -0.3 is 19.9 Å². The van der Waals surface area contributed by atoms with E-state index in [1.165, 1.54) is 12.3 Å². The van der Waals surface area contributed by atoms with Crippen molar-refractivity contribution in [2.75, 3.05) is 0 Å². The standard InChI is InChI=1S/C16H13NO7/c18-13(17-11(16(22)23)7-14(19)20)6-5-9-8-24-12-4-2-1-3-10(12)15(9)21/h1-6,8,11H,7H2,(H,17,18)(H,19,20)(H,22,23)/b6-5+. The molecule has 8 nitrogen and oxygen atoms in total. The van der Waals surface area contributed by atoms with Crippen LogP contribution in [-0.2, 0) is 14.4 Å². The van der Waals surface area contributed by atoms with Gasteiger partial charge in [-0.1, -0.05) is 12.1 Å². The number of nitrogens with one attached hydrogen (secondary N) is 1. The first-order valence-corrected chi connectivity index (χ1v) is 6.82. The van der Waals surface area contributed by atoms with E-state index in [0.29, 0.717) is 11.0 Å². The van der Waals surface area contributed by atoms with Gasteiger partial charge in [-0.05, 0) is 18.2 Å². The molecule has 0 aliphatic carbocycles. The lowest BCUT2D eigenvalue weighted by Gasteiger charge is -2.10. The number of carboxylic acid groups (broad SMARTS) is 2. The van der Waals surface area contributed by atoms with Gasteiger partial charge in [0.15, 0.2) is 5.43 Å². The molecular formula is C16H13NO7. The van der Waals surface area contributed by atoms with Crippen molar-refractivity contribution in [3.05, 3.63) is 52.4 Å². The minimum atomic E-state index is -1.56. The van der Waals surface area contributed by atoms with Crippen LogP contribution in [-0.4, -0.2) is 34.1 Å². The zero-order valence-corrected chi connectivity index (χ0v) is 12.3. The fourth-order valence-corrected chi connectivity index (χ4v) is 1.97. The highest BCUT2D eigenvalue weighted by atomic mass is 16.4. The number of fused-ring (bicyclic) bond motifs is 1. The summed E-state index contributed by atoms with van der Waals surface area (Å²) in [6, 6.07) is 5.02. The average molecular weight is 331 g/mol. The van der Waals surface area contributed by atoms with Crippen molar-refractivity contribution in [3.8, 4) is 0 Å². The first kappa shape index (κ1) is 16.9. The Balaban J connectivity index is 2.17. The highest BCUT2D eigenvalue weighted by Crippen LogP contribution is 2.11. The summed E-state index contributed by atoms with van der Waals surface area (Å²) in [7, 11) is 0. The quantitative estimate of drug-likeness (QED) is 0.668. The van der Waals surface area contributed by atoms with Crippen molar-refractivity contribution in [1.29, 1.82) is 0 Å². The van der Waals surface area contributed by atoms with Gasteiger partial charge in [0.1, 0.15) is 17.9 Å². The first-order valence-electron chi connectivity index (χ1n) is 6.82. The number of amides is 1. The van der Waals surface area contributed by atoms with Gasteiger partial charge in [0.25, 0.3) is 0 Å². The summed E-state index contributed by atoms with van der Waals surface area (Å²) in [5.41, 5.74) is 0.159. The Morgan fingerprint density at radius 3 is 2.58 bits per heavy atom. The molecule has 0 spiro atoms. The minimum Gasteiger partial charge on any atom is -0.481 e. The Labute approximate surface area is 135 Å². The molecule has 1 unspecified atom stereocenters. The predicted octanol–water partition coefficient (Wildman–Crippen LogP) is 0.850. The molecule has 0 saturated carbocycles. The first-order chi connectivity index (χ1) is 11.4. The molecule has 24 heavy (non-hydrogen) atoms. The summed E-state index contributed by atoms with van der Waals surface area (Å²) in [6.07, 6.45) is 2.54. The Morgan fingerprint density at radius 2 is 1.92 bits per heavy atom. The third-order valence-corrected chi connectivity index (χ3v) is 3.11. The van der Waals surface area contributed by atoms with E-state index in [2.05, 4.69) is 0 Å². The van der Waals surface area contributed by atoms with E-state index in [1.54, 1.807) is 24.3 Å². The molecule has 0 bridgehead atoms. The maximum atomic E-state index is 12.2. The molecule has 2 aromatic rings. The number of hydrogen-bond acceptors (Lipinski definition) is 5. The van der Waals surface area contributed by atoms with Gasteiger partial charge in [-0.3, -0.25) is 14.4 Å². The van der Waals surface area contributed by atoms with Gasteiger partial charge in [-0.25, -0.2) is 4.79 Å². The molecule has 2 rings (SSSR count). The van der Waals surface area contributed by atoms with E-state index in [0.717, 1.165) is 6.08 Å². The van der Waals surface area contributed by atoms with Crippen LogP contribution >= 0.6 is 0 Å². The van der Waals surface area contributed by atoms with Crippen LogP contribution in [0.25, 0.3) is 17.0 Å². The Kier molecular flexibility index (Phi) is 5.10. The van der Waals surface area contributed by atoms with Crippen LogP contribution in [0.5, 0.6) is 0 Å². The van der Waals surface area contributed by atoms with Crippen molar-refractivity contribution >= 4 is 34.9 Å². The molecule has 124 valence electrons. The second-order valence-corrected chi connectivity index (χ2v) is 4.85. The van der Waals surface area contributed by atoms with Crippen LogP contribution in [0.3, 0.4) is 0 Å². The summed E-state index contributed by atoms with van der Waals surface area (Å²) in [5.74, 6) is -3.66. The minimum absolute atomic E-state index is 0.106. The third kappa shape index (κ3) is 4.07. The monoisotopic (exact) mass is 331 g/mol. The number of para-hydroxylation sites is 1. The molecule has 1 atom stereocenters. The molecule has 1 aromatic heterocycles. The number of carboxylic acids is 2. The van der Waals surface area contributed by atoms with Gasteiger partial charge >= 0.3 is 11.9 Å². The average Bonchev–Trinajstić information content (AvgIpc) is 2.53. The van der Waals surface area contributed by atoms with Crippen molar-refractivity contribution in [2.24, 2.45) is 0 Å². The lowest BCUT2D eigenvalue weighted by molar-refractivity contribution is -0.146. The molecular weight excluding hydrogens is 318 g/mol. The van der Waals surface area contributed by atoms with E-state index in [4.69, 9.17) is 14.6 Å². The van der Waals surface area contributed by atoms with E-state index in [-0.39, 0.29) is 11.0 Å². The largest absolute Gasteiger partial charge is 0.481 e. The normalized spacial score (nSPS) is 12.2. The second kappa shape index (κ2) is 7.23. The van der Waals surface area contributed by atoms with Crippen molar-refractivity contribution in [2.45, 2.75) is 12.5 Å². The molecule has 0 aliphatic rings. The maximum absolute atomic E-state index is 12.2. The van der Waals surface area contributed by atoms with Crippen molar-refractivity contribution in [3.63, 3.8) is 0 Å². The van der Waals surface area contributed by atoms with E-state index >= 15 is 0 Å². The molecule has 0 aliphatic heterocycles. The predicted molar refractivity (Wildman–Crippen MR) is 83.3 cm³/mol. The maximum Gasteiger partial charge on any atom is 0.326 e. The Bertz CT molecular complexity index is 881. The highest BCUT2D eigenvalue weighted by Gasteiger charge is 2.22. The van der Waals surface area contributed by atoms with Crippen LogP contribution in [0.1, 0.15) is 12.0 Å². The van der Waals surface area contributed by atoms with Gasteiger partial charge in [-0.15, -0.1) is 0 Å². The summed E-state index contributed by atoms with van der Waals surface area (Å²) in [6.45, 7) is 0. The molecule has 1 amide bonds. The van der Waals surface area contributed by atoms with Crippen LogP contribution in [0, 0.1) is 0 Å². The molecule has 1 heterocycles. The molecule has 8 heteroatoms. The summed E-state index contributed by atoms with van der Waals surface area (Å²) in [4.78, 5) is 45.3. The zero-order chi connectivity index (χ0) is 17.7. The Hall–Kier alpha value is -3.42. The van der Waals surface area contributed by atoms with Crippen LogP contribution in [0.4, 0.5) is 0 Å². The number of rotatable bonds is 6. The number of carbonyl (C=O) groups excluding carboxylic acids is 1. The molecule has 0 fully saturated rings. The van der Waals surface area contributed by atoms with E-state index in [9.17, 15) is 19.2 Å². The van der Waals surface area contributed by atoms with Gasteiger partial charge in [-0.2, -0.15) is 0 Å². The van der Waals surface area contributed by atoms with Crippen molar-refractivity contribution < 1.29 is 29.0 Å². The summed E-state index contributed by atoms with van der Waals surface area (Å²) < 4.78 is 5.27. The Morgan fingerprint density at radius 1 is 1.21 bits per heavy atom. The summed E-state index contributed by atoms with van der Waals surface area (Å²) >= 11 is 0. The second-order valence-electron chi connectivity index (χ2n) is 4.85. The van der Waals surface area contributed by atoms with Crippen LogP contribution in [0.2, 0.25) is 0 Å². The van der Waals surface area contributed by atoms with Crippen LogP contribution < -0.4 is 10.7 Å². The SMILES string of the molecule is O=C(O)CC(NC(=O)/C=C/c1coc2ccccc2c1=O)C(=O)O. The smallest absolute Gasteiger partial charge is 0.326 e. The number of benzene rings is 1. The van der Waals surface area contributed by atoms with Gasteiger partial charge in [0, 0.05) is 6.08 Å². The molecule has 1 aromatic carbocycles. The highest BCUT2D eigenvalue weighted by molar-refractivity contribution is 5.95. The molecule has 0 saturated heterocycles. The molecule has 3 N–H and O–H groups in total. The fourth-order valence-electron chi connectivity index (χ4n) is 1.97. The lowest BCUT2D eigenvalue weighted by atomic mass is 10.1. The number of hydrogen-bond donors (Lipinski definition) is 3. The van der Waals surface area contributed by atoms with E-state index in [1.807, 2.05) is 5.32 Å². The fraction of sp³-hybridized carbons (Fsp3) is 0.125. The zero-order valence-electron chi connectivity index (χ0n) is 12.3. The summed E-state index contributed by atoms with van der Waals surface area (Å²) in [5, 5.41) is 19.8. The molecule has 0 radical (unpaired) electrons. The third-order valence-electron chi connectivity index (χ3n) is 3.11. The number of carbonyl (C=O) groups is 3. The van der Waals surface area contributed by atoms with Gasteiger partial charge in [0.2, 0.25) is 5.91 Å². The lowest BCUT2D eigenvalue weighted by Crippen LogP contribution is -2.41. The van der Waals surface area contributed by atoms with Crippen molar-refractivity contribution in [1.82, 2.24) is 5.32 Å². The van der Waals surface area contributed by atoms with Gasteiger partial charge in [0.05, 0.1) is 17.4 Å². The topological polar surface area (TPSA) is 134 Å².